The van der Waals surface area contributed by atoms with Gasteiger partial charge < -0.3 is 16.1 Å². The number of piperidine rings is 1. The Bertz CT molecular complexity index is 446. The van der Waals surface area contributed by atoms with Crippen LogP contribution in [0.2, 0.25) is 0 Å². The van der Waals surface area contributed by atoms with E-state index in [9.17, 15) is 9.59 Å². The Morgan fingerprint density at radius 2 is 2.28 bits per heavy atom. The third-order valence-corrected chi connectivity index (χ3v) is 2.62. The molecule has 2 amide bonds. The number of anilines is 1. The average Bonchev–Trinajstić information content (AvgIpc) is 2.41. The summed E-state index contributed by atoms with van der Waals surface area (Å²) < 4.78 is 0. The summed E-state index contributed by atoms with van der Waals surface area (Å²) in [5.41, 5.74) is 2.46. The maximum absolute atomic E-state index is 11.8. The van der Waals surface area contributed by atoms with Crippen molar-refractivity contribution in [2.24, 2.45) is 5.84 Å². The van der Waals surface area contributed by atoms with Crippen molar-refractivity contribution in [1.82, 2.24) is 20.6 Å². The number of hydrogen-bond donors (Lipinski definition) is 4. The topological polar surface area (TPSA) is 122 Å². The van der Waals surface area contributed by atoms with Crippen molar-refractivity contribution in [2.75, 3.05) is 12.0 Å². The molecule has 0 radical (unpaired) electrons. The number of hydrogen-bond acceptors (Lipinski definition) is 6. The number of amides is 2. The third-order valence-electron chi connectivity index (χ3n) is 2.62. The largest absolute Gasteiger partial charge is 0.354 e. The van der Waals surface area contributed by atoms with Crippen molar-refractivity contribution in [3.05, 3.63) is 18.1 Å². The molecule has 1 aromatic heterocycles. The molecule has 1 aliphatic heterocycles. The minimum absolute atomic E-state index is 0.146. The smallest absolute Gasteiger partial charge is 0.272 e. The molecule has 1 fully saturated rings. The maximum Gasteiger partial charge on any atom is 0.272 e. The number of nitrogens with zero attached hydrogens (tertiary/aromatic N) is 2. The van der Waals surface area contributed by atoms with Gasteiger partial charge in [0.25, 0.3) is 5.91 Å². The summed E-state index contributed by atoms with van der Waals surface area (Å²) in [6.07, 6.45) is 4.12. The quantitative estimate of drug-likeness (QED) is 0.393. The van der Waals surface area contributed by atoms with Crippen LogP contribution in [0.15, 0.2) is 12.4 Å². The number of nitrogens with two attached hydrogens (primary N) is 1. The van der Waals surface area contributed by atoms with Crippen LogP contribution in [0, 0.1) is 0 Å². The van der Waals surface area contributed by atoms with Crippen LogP contribution in [0.5, 0.6) is 0 Å². The van der Waals surface area contributed by atoms with E-state index in [0.717, 1.165) is 6.42 Å². The number of carbonyl (C=O) groups is 2. The Balaban J connectivity index is 2.00. The van der Waals surface area contributed by atoms with E-state index in [2.05, 4.69) is 26.0 Å². The molecular weight excluding hydrogens is 236 g/mol. The summed E-state index contributed by atoms with van der Waals surface area (Å²) in [4.78, 5) is 31.0. The van der Waals surface area contributed by atoms with Crippen LogP contribution < -0.4 is 21.9 Å². The highest BCUT2D eigenvalue weighted by molar-refractivity contribution is 5.96. The second-order valence-electron chi connectivity index (χ2n) is 3.89. The molecule has 8 heteroatoms. The van der Waals surface area contributed by atoms with Gasteiger partial charge in [0.1, 0.15) is 11.7 Å². The summed E-state index contributed by atoms with van der Waals surface area (Å²) in [6.45, 7) is 0.655. The van der Waals surface area contributed by atoms with Gasteiger partial charge in [0.15, 0.2) is 5.82 Å². The lowest BCUT2D eigenvalue weighted by Crippen LogP contribution is -2.50. The van der Waals surface area contributed by atoms with Gasteiger partial charge in [0.2, 0.25) is 5.91 Å². The fraction of sp³-hybridized carbons (Fsp3) is 0.400. The predicted molar refractivity (Wildman–Crippen MR) is 63.3 cm³/mol. The zero-order valence-corrected chi connectivity index (χ0v) is 9.64. The number of nitrogens with one attached hydrogen (secondary N) is 3. The molecule has 18 heavy (non-hydrogen) atoms. The minimum Gasteiger partial charge on any atom is -0.354 e. The van der Waals surface area contributed by atoms with E-state index in [1.807, 2.05) is 0 Å². The van der Waals surface area contributed by atoms with Gasteiger partial charge in [-0.1, -0.05) is 0 Å². The van der Waals surface area contributed by atoms with Gasteiger partial charge in [-0.2, -0.15) is 0 Å². The molecule has 2 heterocycles. The minimum atomic E-state index is -0.500. The highest BCUT2D eigenvalue weighted by atomic mass is 16.2. The fourth-order valence-electron chi connectivity index (χ4n) is 1.66. The zero-order chi connectivity index (χ0) is 13.0. The van der Waals surface area contributed by atoms with Crippen molar-refractivity contribution in [1.29, 1.82) is 0 Å². The highest BCUT2D eigenvalue weighted by Crippen LogP contribution is 2.05. The van der Waals surface area contributed by atoms with E-state index in [4.69, 9.17) is 5.84 Å². The van der Waals surface area contributed by atoms with E-state index in [1.165, 1.54) is 12.4 Å². The fourth-order valence-corrected chi connectivity index (χ4v) is 1.66. The summed E-state index contributed by atoms with van der Waals surface area (Å²) in [7, 11) is 0. The second kappa shape index (κ2) is 5.41. The summed E-state index contributed by atoms with van der Waals surface area (Å²) in [6, 6.07) is -0.500. The van der Waals surface area contributed by atoms with Crippen LogP contribution in [0.4, 0.5) is 5.82 Å². The number of hydrazine groups is 1. The lowest BCUT2D eigenvalue weighted by atomic mass is 10.1. The van der Waals surface area contributed by atoms with Gasteiger partial charge in [0, 0.05) is 6.54 Å². The highest BCUT2D eigenvalue weighted by Gasteiger charge is 2.24. The van der Waals surface area contributed by atoms with Crippen LogP contribution in [0.25, 0.3) is 0 Å². The second-order valence-corrected chi connectivity index (χ2v) is 3.89. The van der Waals surface area contributed by atoms with E-state index in [0.29, 0.717) is 18.8 Å². The standard InChI is InChI=1S/C10H14N6O2/c11-16-8-5-13-7(4-14-8)10(18)15-6-2-1-3-12-9(6)17/h4-6H,1-3,11H2,(H,12,17)(H,14,16)(H,15,18). The summed E-state index contributed by atoms with van der Waals surface area (Å²) in [5, 5.41) is 5.31. The number of nitrogen functional groups attached to an aromatic ring is 1. The Morgan fingerprint density at radius 1 is 1.44 bits per heavy atom. The monoisotopic (exact) mass is 250 g/mol. The SMILES string of the molecule is NNc1cnc(C(=O)NC2CCCNC2=O)cn1. The summed E-state index contributed by atoms with van der Waals surface area (Å²) in [5.74, 6) is 4.91. The number of carbonyl (C=O) groups excluding carboxylic acids is 2. The first-order chi connectivity index (χ1) is 8.70. The zero-order valence-electron chi connectivity index (χ0n) is 9.64. The Kier molecular flexibility index (Phi) is 3.68. The first-order valence-electron chi connectivity index (χ1n) is 5.58. The Hall–Kier alpha value is -2.22. The lowest BCUT2D eigenvalue weighted by molar-refractivity contribution is -0.124. The van der Waals surface area contributed by atoms with E-state index < -0.39 is 11.9 Å². The van der Waals surface area contributed by atoms with Crippen LogP contribution >= 0.6 is 0 Å². The van der Waals surface area contributed by atoms with Crippen molar-refractivity contribution < 1.29 is 9.59 Å². The molecule has 1 aromatic rings. The molecule has 1 unspecified atom stereocenters. The van der Waals surface area contributed by atoms with Crippen LogP contribution in [0.3, 0.4) is 0 Å². The molecule has 0 aliphatic carbocycles. The normalized spacial score (nSPS) is 18.9. The van der Waals surface area contributed by atoms with Crippen LogP contribution in [-0.2, 0) is 4.79 Å². The molecule has 2 rings (SSSR count). The molecule has 8 nitrogen and oxygen atoms in total. The van der Waals surface area contributed by atoms with Gasteiger partial charge >= 0.3 is 0 Å². The molecule has 0 spiro atoms. The Morgan fingerprint density at radius 3 is 2.89 bits per heavy atom. The van der Waals surface area contributed by atoms with E-state index in [1.54, 1.807) is 0 Å². The van der Waals surface area contributed by atoms with E-state index >= 15 is 0 Å². The van der Waals surface area contributed by atoms with Crippen LogP contribution in [0.1, 0.15) is 23.3 Å². The average molecular weight is 250 g/mol. The molecule has 0 aromatic carbocycles. The van der Waals surface area contributed by atoms with Crippen LogP contribution in [-0.4, -0.2) is 34.4 Å². The third kappa shape index (κ3) is 2.72. The Labute approximate surface area is 103 Å². The van der Waals surface area contributed by atoms with Gasteiger partial charge in [-0.3, -0.25) is 9.59 Å². The van der Waals surface area contributed by atoms with Crippen molar-refractivity contribution >= 4 is 17.6 Å². The van der Waals surface area contributed by atoms with Gasteiger partial charge in [-0.15, -0.1) is 0 Å². The molecule has 96 valence electrons. The van der Waals surface area contributed by atoms with Gasteiger partial charge in [-0.05, 0) is 12.8 Å². The summed E-state index contributed by atoms with van der Waals surface area (Å²) >= 11 is 0. The molecule has 1 atom stereocenters. The predicted octanol–water partition coefficient (Wildman–Crippen LogP) is -1.23. The lowest BCUT2D eigenvalue weighted by Gasteiger charge is -2.22. The van der Waals surface area contributed by atoms with Crippen molar-refractivity contribution in [3.8, 4) is 0 Å². The van der Waals surface area contributed by atoms with Crippen molar-refractivity contribution in [2.45, 2.75) is 18.9 Å². The maximum atomic E-state index is 11.8. The molecule has 1 saturated heterocycles. The molecule has 5 N–H and O–H groups in total. The molecular formula is C10H14N6O2. The molecule has 0 bridgehead atoms. The first-order valence-corrected chi connectivity index (χ1v) is 5.58. The van der Waals surface area contributed by atoms with Gasteiger partial charge in [-0.25, -0.2) is 15.8 Å². The number of rotatable bonds is 3. The number of aromatic nitrogens is 2. The van der Waals surface area contributed by atoms with Gasteiger partial charge in [0.05, 0.1) is 12.4 Å². The first kappa shape index (κ1) is 12.2. The van der Waals surface area contributed by atoms with E-state index in [-0.39, 0.29) is 11.6 Å². The molecule has 0 saturated carbocycles. The molecule has 1 aliphatic rings. The van der Waals surface area contributed by atoms with Crippen molar-refractivity contribution in [3.63, 3.8) is 0 Å².